The first-order chi connectivity index (χ1) is 11.1. The van der Waals surface area contributed by atoms with E-state index in [1.165, 1.54) is 6.42 Å². The molecule has 6 atom stereocenters. The number of amides is 2. The molecule has 4 nitrogen and oxygen atoms in total. The molecule has 116 valence electrons. The van der Waals surface area contributed by atoms with Gasteiger partial charge in [-0.05, 0) is 47.8 Å². The minimum absolute atomic E-state index is 0.130. The van der Waals surface area contributed by atoms with E-state index in [0.717, 1.165) is 10.6 Å². The van der Waals surface area contributed by atoms with E-state index in [1.54, 1.807) is 18.3 Å². The maximum atomic E-state index is 12.7. The molecule has 1 aromatic carbocycles. The molecule has 0 spiro atoms. The van der Waals surface area contributed by atoms with Crippen molar-refractivity contribution in [2.45, 2.75) is 6.42 Å². The van der Waals surface area contributed by atoms with Crippen molar-refractivity contribution in [3.05, 3.63) is 47.0 Å². The van der Waals surface area contributed by atoms with Crippen molar-refractivity contribution in [2.75, 3.05) is 0 Å². The SMILES string of the molecule is O=C1[C@@H]2[C@@H]3C=C[C@H]([C@@H]4C[C@H]34)[C@@H]2C(=O)N1/N=C\c1ccc(Cl)cc1. The van der Waals surface area contributed by atoms with Crippen LogP contribution in [0.2, 0.25) is 5.02 Å². The van der Waals surface area contributed by atoms with Crippen molar-refractivity contribution in [1.82, 2.24) is 5.01 Å². The van der Waals surface area contributed by atoms with Crippen molar-refractivity contribution in [3.8, 4) is 0 Å². The summed E-state index contributed by atoms with van der Waals surface area (Å²) < 4.78 is 0. The van der Waals surface area contributed by atoms with Gasteiger partial charge in [0, 0.05) is 5.02 Å². The van der Waals surface area contributed by atoms with E-state index in [2.05, 4.69) is 17.3 Å². The van der Waals surface area contributed by atoms with Crippen molar-refractivity contribution in [2.24, 2.45) is 40.6 Å². The van der Waals surface area contributed by atoms with Crippen LogP contribution in [0.4, 0.5) is 0 Å². The first kappa shape index (κ1) is 13.5. The predicted octanol–water partition coefficient (Wildman–Crippen LogP) is 2.73. The summed E-state index contributed by atoms with van der Waals surface area (Å²) in [6, 6.07) is 7.14. The number of carbonyl (C=O) groups is 2. The van der Waals surface area contributed by atoms with Gasteiger partial charge in [-0.25, -0.2) is 0 Å². The minimum atomic E-state index is -0.191. The van der Waals surface area contributed by atoms with Crippen LogP contribution in [0.15, 0.2) is 41.5 Å². The van der Waals surface area contributed by atoms with Crippen molar-refractivity contribution in [1.29, 1.82) is 0 Å². The highest BCUT2D eigenvalue weighted by Crippen LogP contribution is 2.65. The third kappa shape index (κ3) is 1.81. The molecule has 0 N–H and O–H groups in total. The lowest BCUT2D eigenvalue weighted by Crippen LogP contribution is -2.40. The summed E-state index contributed by atoms with van der Waals surface area (Å²) >= 11 is 5.85. The van der Waals surface area contributed by atoms with Crippen LogP contribution in [0.5, 0.6) is 0 Å². The summed E-state index contributed by atoms with van der Waals surface area (Å²) in [7, 11) is 0. The smallest absolute Gasteiger partial charge is 0.254 e. The Hall–Kier alpha value is -1.94. The molecule has 1 aliphatic heterocycles. The molecule has 3 fully saturated rings. The zero-order valence-corrected chi connectivity index (χ0v) is 13.1. The van der Waals surface area contributed by atoms with E-state index in [-0.39, 0.29) is 35.5 Å². The van der Waals surface area contributed by atoms with Gasteiger partial charge in [-0.1, -0.05) is 35.9 Å². The first-order valence-electron chi connectivity index (χ1n) is 8.01. The second-order valence-corrected chi connectivity index (χ2v) is 7.38. The fourth-order valence-electron chi connectivity index (χ4n) is 4.73. The number of halogens is 1. The van der Waals surface area contributed by atoms with Gasteiger partial charge < -0.3 is 0 Å². The summed E-state index contributed by atoms with van der Waals surface area (Å²) in [5, 5.41) is 5.93. The molecule has 1 saturated heterocycles. The molecule has 0 aromatic heterocycles. The Morgan fingerprint density at radius 1 is 1.00 bits per heavy atom. The monoisotopic (exact) mass is 326 g/mol. The molecule has 4 aliphatic carbocycles. The molecule has 2 saturated carbocycles. The van der Waals surface area contributed by atoms with E-state index >= 15 is 0 Å². The average Bonchev–Trinajstić information content (AvgIpc) is 3.33. The Morgan fingerprint density at radius 2 is 1.57 bits per heavy atom. The van der Waals surface area contributed by atoms with Gasteiger partial charge in [0.15, 0.2) is 0 Å². The number of imide groups is 1. The quantitative estimate of drug-likeness (QED) is 0.476. The van der Waals surface area contributed by atoms with E-state index in [4.69, 9.17) is 11.6 Å². The van der Waals surface area contributed by atoms with Gasteiger partial charge in [0.25, 0.3) is 11.8 Å². The Morgan fingerprint density at radius 3 is 2.13 bits per heavy atom. The van der Waals surface area contributed by atoms with Gasteiger partial charge >= 0.3 is 0 Å². The minimum Gasteiger partial charge on any atom is -0.272 e. The van der Waals surface area contributed by atoms with E-state index in [1.807, 2.05) is 12.1 Å². The lowest BCUT2D eigenvalue weighted by molar-refractivity contribution is -0.140. The normalized spacial score (nSPS) is 40.0. The molecular formula is C18H15ClN2O2. The van der Waals surface area contributed by atoms with E-state index in [0.29, 0.717) is 16.9 Å². The van der Waals surface area contributed by atoms with Gasteiger partial charge in [-0.3, -0.25) is 9.59 Å². The Labute approximate surface area is 138 Å². The third-order valence-corrected chi connectivity index (χ3v) is 6.08. The Balaban J connectivity index is 1.44. The van der Waals surface area contributed by atoms with Crippen LogP contribution >= 0.6 is 11.6 Å². The Bertz CT molecular complexity index is 734. The molecule has 23 heavy (non-hydrogen) atoms. The molecule has 2 amide bonds. The summed E-state index contributed by atoms with van der Waals surface area (Å²) in [6.07, 6.45) is 7.05. The molecule has 1 aromatic rings. The van der Waals surface area contributed by atoms with Crippen LogP contribution in [0.25, 0.3) is 0 Å². The largest absolute Gasteiger partial charge is 0.272 e. The highest BCUT2D eigenvalue weighted by Gasteiger charge is 2.67. The molecule has 0 radical (unpaired) electrons. The number of rotatable bonds is 2. The van der Waals surface area contributed by atoms with Gasteiger partial charge in [0.2, 0.25) is 0 Å². The van der Waals surface area contributed by atoms with Crippen molar-refractivity contribution >= 4 is 29.6 Å². The topological polar surface area (TPSA) is 49.7 Å². The number of hydrogen-bond acceptors (Lipinski definition) is 3. The predicted molar refractivity (Wildman–Crippen MR) is 85.6 cm³/mol. The molecule has 6 rings (SSSR count). The maximum Gasteiger partial charge on any atom is 0.254 e. The second-order valence-electron chi connectivity index (χ2n) is 6.94. The van der Waals surface area contributed by atoms with Crippen LogP contribution in [0.3, 0.4) is 0 Å². The molecule has 0 unspecified atom stereocenters. The lowest BCUT2D eigenvalue weighted by atomic mass is 9.63. The summed E-state index contributed by atoms with van der Waals surface area (Å²) in [5.41, 5.74) is 0.814. The van der Waals surface area contributed by atoms with Crippen LogP contribution in [0.1, 0.15) is 12.0 Å². The number of nitrogens with zero attached hydrogens (tertiary/aromatic N) is 2. The summed E-state index contributed by atoms with van der Waals surface area (Å²) in [4.78, 5) is 25.4. The maximum absolute atomic E-state index is 12.7. The van der Waals surface area contributed by atoms with Crippen LogP contribution in [-0.2, 0) is 9.59 Å². The third-order valence-electron chi connectivity index (χ3n) is 5.83. The fraction of sp³-hybridized carbons (Fsp3) is 0.389. The molecule has 2 bridgehead atoms. The summed E-state index contributed by atoms with van der Waals surface area (Å²) in [5.74, 6) is 1.06. The molecule has 1 heterocycles. The van der Waals surface area contributed by atoms with Crippen LogP contribution in [0, 0.1) is 35.5 Å². The lowest BCUT2D eigenvalue weighted by Gasteiger charge is -2.37. The highest BCUT2D eigenvalue weighted by molar-refractivity contribution is 6.30. The van der Waals surface area contributed by atoms with Crippen molar-refractivity contribution in [3.63, 3.8) is 0 Å². The average molecular weight is 327 g/mol. The molecular weight excluding hydrogens is 312 g/mol. The number of hydrogen-bond donors (Lipinski definition) is 0. The van der Waals surface area contributed by atoms with Crippen molar-refractivity contribution < 1.29 is 9.59 Å². The molecule has 5 aliphatic rings. The molecule has 5 heteroatoms. The fourth-order valence-corrected chi connectivity index (χ4v) is 4.85. The number of benzene rings is 1. The zero-order chi connectivity index (χ0) is 15.7. The van der Waals surface area contributed by atoms with Crippen LogP contribution in [-0.4, -0.2) is 23.0 Å². The second kappa shape index (κ2) is 4.54. The highest BCUT2D eigenvalue weighted by atomic mass is 35.5. The van der Waals surface area contributed by atoms with Gasteiger partial charge in [-0.15, -0.1) is 0 Å². The van der Waals surface area contributed by atoms with Gasteiger partial charge in [0.05, 0.1) is 18.1 Å². The van der Waals surface area contributed by atoms with E-state index in [9.17, 15) is 9.59 Å². The zero-order valence-electron chi connectivity index (χ0n) is 12.3. The number of hydrazone groups is 1. The first-order valence-corrected chi connectivity index (χ1v) is 8.38. The van der Waals surface area contributed by atoms with Gasteiger partial charge in [-0.2, -0.15) is 10.1 Å². The Kier molecular flexibility index (Phi) is 2.66. The van der Waals surface area contributed by atoms with E-state index < -0.39 is 0 Å². The van der Waals surface area contributed by atoms with Crippen LogP contribution < -0.4 is 0 Å². The number of carbonyl (C=O) groups excluding carboxylic acids is 2. The number of allylic oxidation sites excluding steroid dienone is 2. The summed E-state index contributed by atoms with van der Waals surface area (Å²) in [6.45, 7) is 0. The standard InChI is InChI=1S/C18H15ClN2O2/c19-10-3-1-9(2-4-10)8-20-21-17(22)15-11-5-6-12(14-7-13(11)14)16(15)18(21)23/h1-6,8,11-16H,7H2/b20-8-/t11-,12-,13-,14+,15-,16+/m1/s1. The van der Waals surface area contributed by atoms with Gasteiger partial charge in [0.1, 0.15) is 0 Å².